The molecule has 138 valence electrons. The fourth-order valence-electron chi connectivity index (χ4n) is 3.56. The maximum Gasteiger partial charge on any atom is 0.276 e. The van der Waals surface area contributed by atoms with Gasteiger partial charge in [-0.25, -0.2) is 0 Å². The molecule has 3 rings (SSSR count). The van der Waals surface area contributed by atoms with Gasteiger partial charge in [0.1, 0.15) is 12.1 Å². The van der Waals surface area contributed by atoms with Gasteiger partial charge in [0.2, 0.25) is 11.6 Å². The summed E-state index contributed by atoms with van der Waals surface area (Å²) in [6.45, 7) is 7.52. The molecule has 0 aliphatic carbocycles. The minimum absolute atomic E-state index is 0. The van der Waals surface area contributed by atoms with E-state index in [1.807, 2.05) is 13.8 Å². The lowest BCUT2D eigenvalue weighted by atomic mass is 9.94. The van der Waals surface area contributed by atoms with Crippen LogP contribution in [0.4, 0.5) is 0 Å². The Morgan fingerprint density at radius 2 is 2.00 bits per heavy atom. The fraction of sp³-hybridized carbons (Fsp3) is 0.867. The van der Waals surface area contributed by atoms with Gasteiger partial charge >= 0.3 is 0 Å². The van der Waals surface area contributed by atoms with E-state index in [-0.39, 0.29) is 30.2 Å². The second-order valence-electron chi connectivity index (χ2n) is 7.35. The van der Waals surface area contributed by atoms with Crippen LogP contribution in [0.3, 0.4) is 0 Å². The van der Waals surface area contributed by atoms with E-state index in [1.165, 1.54) is 4.90 Å². The molecule has 9 heteroatoms. The summed E-state index contributed by atoms with van der Waals surface area (Å²) < 4.78 is 5.79. The Hall–Kier alpha value is -0.540. The highest BCUT2D eigenvalue weighted by Gasteiger charge is 2.70. The quantitative estimate of drug-likeness (QED) is 0.743. The minimum Gasteiger partial charge on any atom is -0.347 e. The zero-order valence-electron chi connectivity index (χ0n) is 14.4. The molecule has 3 aliphatic heterocycles. The predicted octanol–water partition coefficient (Wildman–Crippen LogP) is 0.554. The molecule has 3 N–H and O–H groups in total. The smallest absolute Gasteiger partial charge is 0.276 e. The molecule has 0 aromatic rings. The molecule has 0 aromatic heterocycles. The van der Waals surface area contributed by atoms with E-state index in [0.717, 1.165) is 0 Å². The third kappa shape index (κ3) is 2.54. The molecule has 24 heavy (non-hydrogen) atoms. The van der Waals surface area contributed by atoms with Crippen LogP contribution in [0.2, 0.25) is 0 Å². The number of nitrogens with two attached hydrogens (primary N) is 1. The van der Waals surface area contributed by atoms with Gasteiger partial charge in [-0.15, -0.1) is 24.2 Å². The second-order valence-corrected chi connectivity index (χ2v) is 8.35. The Morgan fingerprint density at radius 3 is 2.54 bits per heavy atom. The van der Waals surface area contributed by atoms with E-state index >= 15 is 0 Å². The highest BCUT2D eigenvalue weighted by Crippen LogP contribution is 2.47. The Bertz CT molecular complexity index is 549. The molecule has 0 bridgehead atoms. The number of nitrogens with zero attached hydrogens (tertiary/aromatic N) is 2. The van der Waals surface area contributed by atoms with Crippen molar-refractivity contribution < 1.29 is 19.4 Å². The van der Waals surface area contributed by atoms with Crippen molar-refractivity contribution in [1.29, 1.82) is 0 Å². The molecule has 0 radical (unpaired) electrons. The molecule has 3 aliphatic rings. The number of thioether (sulfide) groups is 1. The number of rotatable bonds is 3. The van der Waals surface area contributed by atoms with Crippen molar-refractivity contribution in [3.05, 3.63) is 0 Å². The van der Waals surface area contributed by atoms with Crippen molar-refractivity contribution >= 4 is 36.0 Å². The second kappa shape index (κ2) is 6.32. The summed E-state index contributed by atoms with van der Waals surface area (Å²) in [5.41, 5.74) is 4.60. The van der Waals surface area contributed by atoms with Crippen LogP contribution in [0, 0.1) is 11.8 Å². The Labute approximate surface area is 152 Å². The predicted molar refractivity (Wildman–Crippen MR) is 93.1 cm³/mol. The zero-order valence-corrected chi connectivity index (χ0v) is 16.0. The summed E-state index contributed by atoms with van der Waals surface area (Å²) in [6, 6.07) is -1.30. The van der Waals surface area contributed by atoms with Crippen molar-refractivity contribution in [2.45, 2.75) is 57.8 Å². The van der Waals surface area contributed by atoms with Crippen LogP contribution in [0.15, 0.2) is 0 Å². The van der Waals surface area contributed by atoms with Crippen LogP contribution in [-0.2, 0) is 14.3 Å². The van der Waals surface area contributed by atoms with Gasteiger partial charge in [-0.05, 0) is 12.3 Å². The normalized spacial score (nSPS) is 38.7. The third-order valence-electron chi connectivity index (χ3n) is 4.97. The summed E-state index contributed by atoms with van der Waals surface area (Å²) in [4.78, 5) is 28.7. The number of halogens is 1. The maximum absolute atomic E-state index is 13.0. The van der Waals surface area contributed by atoms with Crippen molar-refractivity contribution in [3.63, 3.8) is 0 Å². The summed E-state index contributed by atoms with van der Waals surface area (Å²) >= 11 is 1.55. The summed E-state index contributed by atoms with van der Waals surface area (Å²) in [7, 11) is 0. The van der Waals surface area contributed by atoms with Crippen molar-refractivity contribution in [2.75, 3.05) is 11.6 Å². The largest absolute Gasteiger partial charge is 0.347 e. The first-order valence-corrected chi connectivity index (χ1v) is 9.21. The van der Waals surface area contributed by atoms with E-state index in [0.29, 0.717) is 18.1 Å². The van der Waals surface area contributed by atoms with Gasteiger partial charge in [-0.2, -0.15) is 0 Å². The highest BCUT2D eigenvalue weighted by molar-refractivity contribution is 7.99. The molecular formula is C15H26ClN3O4S. The zero-order chi connectivity index (χ0) is 17.2. The Morgan fingerprint density at radius 1 is 1.38 bits per heavy atom. The molecule has 4 atom stereocenters. The first kappa shape index (κ1) is 19.8. The Kier molecular flexibility index (Phi) is 5.21. The molecule has 0 saturated carbocycles. The number of aliphatic hydroxyl groups is 1. The molecule has 3 fully saturated rings. The monoisotopic (exact) mass is 379 g/mol. The van der Waals surface area contributed by atoms with E-state index < -0.39 is 29.6 Å². The number of piperazine rings is 1. The van der Waals surface area contributed by atoms with Crippen LogP contribution < -0.4 is 5.73 Å². The van der Waals surface area contributed by atoms with Gasteiger partial charge in [0.15, 0.2) is 0 Å². The lowest BCUT2D eigenvalue weighted by Crippen LogP contribution is -2.72. The van der Waals surface area contributed by atoms with Crippen molar-refractivity contribution in [1.82, 2.24) is 9.80 Å². The standard InChI is InChI=1S/C15H25N3O4S.ClH/c1-8(2)5-10-12(19)17-7-23-6-11(17)15(21)18(10)13(20)14(16,22-15)9(3)4;/h8-11,21H,5-7,16H2,1-4H3;1H/t10-,11+,14+,15-;/m0./s1. The molecule has 0 aromatic carbocycles. The summed E-state index contributed by atoms with van der Waals surface area (Å²) in [5.74, 6) is -1.55. The fourth-order valence-corrected chi connectivity index (χ4v) is 4.79. The van der Waals surface area contributed by atoms with Gasteiger partial charge in [-0.3, -0.25) is 25.0 Å². The molecule has 0 spiro atoms. The summed E-state index contributed by atoms with van der Waals surface area (Å²) in [5, 5.41) is 11.2. The van der Waals surface area contributed by atoms with E-state index in [4.69, 9.17) is 10.5 Å². The molecular weight excluding hydrogens is 354 g/mol. The lowest BCUT2D eigenvalue weighted by Gasteiger charge is -2.48. The van der Waals surface area contributed by atoms with Gasteiger partial charge in [0.25, 0.3) is 11.8 Å². The van der Waals surface area contributed by atoms with Gasteiger partial charge < -0.3 is 10.0 Å². The van der Waals surface area contributed by atoms with E-state index in [1.54, 1.807) is 30.5 Å². The van der Waals surface area contributed by atoms with Gasteiger partial charge in [0.05, 0.1) is 5.88 Å². The van der Waals surface area contributed by atoms with Gasteiger partial charge in [0, 0.05) is 11.7 Å². The number of hydrogen-bond acceptors (Lipinski definition) is 6. The average molecular weight is 380 g/mol. The highest BCUT2D eigenvalue weighted by atomic mass is 35.5. The topological polar surface area (TPSA) is 96.1 Å². The molecule has 0 unspecified atom stereocenters. The summed E-state index contributed by atoms with van der Waals surface area (Å²) in [6.07, 6.45) is 0.471. The van der Waals surface area contributed by atoms with Crippen molar-refractivity contribution in [3.8, 4) is 0 Å². The first-order valence-electron chi connectivity index (χ1n) is 8.06. The van der Waals surface area contributed by atoms with Crippen LogP contribution in [0.1, 0.15) is 34.1 Å². The Balaban J connectivity index is 0.00000208. The van der Waals surface area contributed by atoms with Crippen LogP contribution >= 0.6 is 24.2 Å². The number of amides is 2. The number of ether oxygens (including phenoxy) is 1. The molecule has 3 heterocycles. The SMILES string of the molecule is CC(C)C[C@H]1C(=O)N2CSC[C@@H]2[C@]2(O)O[C@](N)(C(C)C)C(=O)N12.Cl. The third-order valence-corrected chi connectivity index (χ3v) is 5.98. The molecule has 2 amide bonds. The van der Waals surface area contributed by atoms with Crippen LogP contribution in [-0.4, -0.2) is 62.1 Å². The number of carbonyl (C=O) groups is 2. The molecule has 3 saturated heterocycles. The minimum atomic E-state index is -1.84. The van der Waals surface area contributed by atoms with E-state index in [9.17, 15) is 14.7 Å². The lowest BCUT2D eigenvalue weighted by molar-refractivity contribution is -0.316. The average Bonchev–Trinajstić information content (AvgIpc) is 3.00. The van der Waals surface area contributed by atoms with Crippen molar-refractivity contribution in [2.24, 2.45) is 17.6 Å². The number of hydrogen-bond donors (Lipinski definition) is 2. The van der Waals surface area contributed by atoms with Crippen LogP contribution in [0.5, 0.6) is 0 Å². The number of fused-ring (bicyclic) bond motifs is 3. The maximum atomic E-state index is 13.0. The van der Waals surface area contributed by atoms with Crippen LogP contribution in [0.25, 0.3) is 0 Å². The molecule has 7 nitrogen and oxygen atoms in total. The van der Waals surface area contributed by atoms with E-state index in [2.05, 4.69) is 0 Å². The first-order chi connectivity index (χ1) is 10.6. The van der Waals surface area contributed by atoms with Gasteiger partial charge in [-0.1, -0.05) is 27.7 Å². The number of carbonyl (C=O) groups excluding carboxylic acids is 2.